The Bertz CT molecular complexity index is 495. The fraction of sp³-hybridized carbons (Fsp3) is 0.500. The lowest BCUT2D eigenvalue weighted by molar-refractivity contribution is -0.147. The molecule has 1 amide bonds. The first-order chi connectivity index (χ1) is 9.08. The zero-order valence-electron chi connectivity index (χ0n) is 10.2. The van der Waals surface area contributed by atoms with E-state index < -0.39 is 17.8 Å². The van der Waals surface area contributed by atoms with E-state index in [4.69, 9.17) is 16.7 Å². The molecule has 1 aliphatic rings. The number of anilines is 1. The molecule has 1 aromatic rings. The lowest BCUT2D eigenvalue weighted by atomic mass is 9.79. The number of carboxylic acid groups (broad SMARTS) is 1. The average molecular weight is 284 g/mol. The molecule has 102 valence electrons. The van der Waals surface area contributed by atoms with Crippen molar-refractivity contribution in [3.05, 3.63) is 17.4 Å². The summed E-state index contributed by atoms with van der Waals surface area (Å²) in [6.07, 6.45) is 4.24. The van der Waals surface area contributed by atoms with Crippen LogP contribution in [0.3, 0.4) is 0 Å². The lowest BCUT2D eigenvalue weighted by Crippen LogP contribution is -2.36. The second-order valence-electron chi connectivity index (χ2n) is 4.53. The number of aromatic nitrogens is 2. The number of rotatable bonds is 3. The van der Waals surface area contributed by atoms with E-state index in [0.717, 1.165) is 12.8 Å². The summed E-state index contributed by atoms with van der Waals surface area (Å²) in [7, 11) is 0. The second kappa shape index (κ2) is 5.97. The minimum atomic E-state index is -0.924. The number of nitrogens with zero attached hydrogens (tertiary/aromatic N) is 2. The molecule has 1 fully saturated rings. The van der Waals surface area contributed by atoms with Crippen LogP contribution in [0.5, 0.6) is 0 Å². The number of nitrogens with one attached hydrogen (secondary N) is 1. The number of carboxylic acids is 1. The highest BCUT2D eigenvalue weighted by molar-refractivity contribution is 6.29. The van der Waals surface area contributed by atoms with E-state index in [2.05, 4.69) is 15.3 Å². The molecule has 6 nitrogen and oxygen atoms in total. The SMILES string of the molecule is O=C(O)[C@H]1CCCC[C@H]1C(=O)Nc1nccc(Cl)n1. The summed E-state index contributed by atoms with van der Waals surface area (Å²) in [5.74, 6) is -2.34. The van der Waals surface area contributed by atoms with Gasteiger partial charge in [-0.25, -0.2) is 9.97 Å². The van der Waals surface area contributed by atoms with Crippen LogP contribution in [0, 0.1) is 11.8 Å². The molecule has 0 aliphatic heterocycles. The molecule has 0 spiro atoms. The Balaban J connectivity index is 2.07. The minimum Gasteiger partial charge on any atom is -0.481 e. The standard InChI is InChI=1S/C12H14ClN3O3/c13-9-5-6-14-12(15-9)16-10(17)7-3-1-2-4-8(7)11(18)19/h5-8H,1-4H2,(H,18,19)(H,14,15,16,17)/t7-,8+/m1/s1. The topological polar surface area (TPSA) is 92.2 Å². The van der Waals surface area contributed by atoms with Gasteiger partial charge in [-0.1, -0.05) is 24.4 Å². The quantitative estimate of drug-likeness (QED) is 0.827. The third kappa shape index (κ3) is 3.41. The van der Waals surface area contributed by atoms with Crippen LogP contribution < -0.4 is 5.32 Å². The van der Waals surface area contributed by atoms with Gasteiger partial charge in [-0.2, -0.15) is 0 Å². The number of carbonyl (C=O) groups excluding carboxylic acids is 1. The Morgan fingerprint density at radius 1 is 1.32 bits per heavy atom. The Morgan fingerprint density at radius 3 is 2.63 bits per heavy atom. The van der Waals surface area contributed by atoms with Crippen molar-refractivity contribution >= 4 is 29.4 Å². The first-order valence-corrected chi connectivity index (χ1v) is 6.48. The number of carbonyl (C=O) groups is 2. The van der Waals surface area contributed by atoms with Crippen LogP contribution >= 0.6 is 11.6 Å². The van der Waals surface area contributed by atoms with Gasteiger partial charge in [0.2, 0.25) is 11.9 Å². The molecule has 1 aliphatic carbocycles. The summed E-state index contributed by atoms with van der Waals surface area (Å²) in [4.78, 5) is 31.0. The number of hydrogen-bond donors (Lipinski definition) is 2. The highest BCUT2D eigenvalue weighted by atomic mass is 35.5. The first kappa shape index (κ1) is 13.7. The fourth-order valence-corrected chi connectivity index (χ4v) is 2.48. The lowest BCUT2D eigenvalue weighted by Gasteiger charge is -2.27. The van der Waals surface area contributed by atoms with E-state index >= 15 is 0 Å². The second-order valence-corrected chi connectivity index (χ2v) is 4.92. The van der Waals surface area contributed by atoms with Crippen molar-refractivity contribution in [3.63, 3.8) is 0 Å². The molecule has 19 heavy (non-hydrogen) atoms. The molecule has 7 heteroatoms. The van der Waals surface area contributed by atoms with Gasteiger partial charge >= 0.3 is 5.97 Å². The van der Waals surface area contributed by atoms with Gasteiger partial charge in [-0.15, -0.1) is 0 Å². The molecule has 1 heterocycles. The van der Waals surface area contributed by atoms with Gasteiger partial charge in [0.25, 0.3) is 0 Å². The third-order valence-electron chi connectivity index (χ3n) is 3.28. The molecular weight excluding hydrogens is 270 g/mol. The predicted molar refractivity (Wildman–Crippen MR) is 68.8 cm³/mol. The normalized spacial score (nSPS) is 22.8. The molecule has 0 aromatic carbocycles. The summed E-state index contributed by atoms with van der Waals surface area (Å²) < 4.78 is 0. The van der Waals surface area contributed by atoms with Crippen LogP contribution in [0.1, 0.15) is 25.7 Å². The van der Waals surface area contributed by atoms with Crippen LogP contribution in [0.15, 0.2) is 12.3 Å². The van der Waals surface area contributed by atoms with Crippen molar-refractivity contribution in [2.24, 2.45) is 11.8 Å². The highest BCUT2D eigenvalue weighted by Gasteiger charge is 2.35. The molecule has 1 aromatic heterocycles. The smallest absolute Gasteiger partial charge is 0.307 e. The van der Waals surface area contributed by atoms with Crippen LogP contribution in [-0.2, 0) is 9.59 Å². The zero-order chi connectivity index (χ0) is 13.8. The third-order valence-corrected chi connectivity index (χ3v) is 3.49. The van der Waals surface area contributed by atoms with Crippen molar-refractivity contribution < 1.29 is 14.7 Å². The van der Waals surface area contributed by atoms with Crippen LogP contribution in [0.4, 0.5) is 5.95 Å². The van der Waals surface area contributed by atoms with Gasteiger partial charge in [0.1, 0.15) is 5.15 Å². The summed E-state index contributed by atoms with van der Waals surface area (Å²) in [5, 5.41) is 11.9. The number of hydrogen-bond acceptors (Lipinski definition) is 4. The van der Waals surface area contributed by atoms with Crippen LogP contribution in [0.2, 0.25) is 5.15 Å². The number of amides is 1. The van der Waals surface area contributed by atoms with Crippen molar-refractivity contribution in [3.8, 4) is 0 Å². The first-order valence-electron chi connectivity index (χ1n) is 6.10. The Morgan fingerprint density at radius 2 is 2.00 bits per heavy atom. The van der Waals surface area contributed by atoms with E-state index in [9.17, 15) is 9.59 Å². The van der Waals surface area contributed by atoms with E-state index in [1.807, 2.05) is 0 Å². The van der Waals surface area contributed by atoms with Gasteiger partial charge < -0.3 is 5.11 Å². The van der Waals surface area contributed by atoms with Crippen molar-refractivity contribution in [2.75, 3.05) is 5.32 Å². The Hall–Kier alpha value is -1.69. The maximum Gasteiger partial charge on any atom is 0.307 e. The predicted octanol–water partition coefficient (Wildman–Crippen LogP) is 1.96. The maximum absolute atomic E-state index is 12.1. The molecule has 2 atom stereocenters. The van der Waals surface area contributed by atoms with E-state index in [1.54, 1.807) is 0 Å². The van der Waals surface area contributed by atoms with E-state index in [1.165, 1.54) is 12.3 Å². The molecule has 0 unspecified atom stereocenters. The largest absolute Gasteiger partial charge is 0.481 e. The molecule has 2 N–H and O–H groups in total. The molecule has 0 radical (unpaired) electrons. The van der Waals surface area contributed by atoms with Gasteiger partial charge in [0.05, 0.1) is 11.8 Å². The van der Waals surface area contributed by atoms with Crippen LogP contribution in [-0.4, -0.2) is 27.0 Å². The summed E-state index contributed by atoms with van der Waals surface area (Å²) in [6, 6.07) is 1.50. The van der Waals surface area contributed by atoms with Crippen molar-refractivity contribution in [1.29, 1.82) is 0 Å². The molecule has 0 bridgehead atoms. The minimum absolute atomic E-state index is 0.104. The summed E-state index contributed by atoms with van der Waals surface area (Å²) in [6.45, 7) is 0. The Labute approximate surface area is 115 Å². The van der Waals surface area contributed by atoms with Crippen molar-refractivity contribution in [2.45, 2.75) is 25.7 Å². The monoisotopic (exact) mass is 283 g/mol. The van der Waals surface area contributed by atoms with Gasteiger partial charge in [0.15, 0.2) is 0 Å². The molecule has 2 rings (SSSR count). The summed E-state index contributed by atoms with van der Waals surface area (Å²) >= 11 is 5.70. The zero-order valence-corrected chi connectivity index (χ0v) is 10.9. The summed E-state index contributed by atoms with van der Waals surface area (Å²) in [5.41, 5.74) is 0. The average Bonchev–Trinajstić information content (AvgIpc) is 2.38. The van der Waals surface area contributed by atoms with Crippen molar-refractivity contribution in [1.82, 2.24) is 9.97 Å². The van der Waals surface area contributed by atoms with Gasteiger partial charge in [0, 0.05) is 6.20 Å². The molecular formula is C12H14ClN3O3. The fourth-order valence-electron chi connectivity index (χ4n) is 2.34. The van der Waals surface area contributed by atoms with E-state index in [-0.39, 0.29) is 17.0 Å². The van der Waals surface area contributed by atoms with Crippen LogP contribution in [0.25, 0.3) is 0 Å². The van der Waals surface area contributed by atoms with Gasteiger partial charge in [-0.05, 0) is 18.9 Å². The highest BCUT2D eigenvalue weighted by Crippen LogP contribution is 2.31. The van der Waals surface area contributed by atoms with E-state index in [0.29, 0.717) is 12.8 Å². The maximum atomic E-state index is 12.1. The molecule has 0 saturated heterocycles. The Kier molecular flexibility index (Phi) is 4.31. The number of halogens is 1. The van der Waals surface area contributed by atoms with Gasteiger partial charge in [-0.3, -0.25) is 14.9 Å². The molecule has 1 saturated carbocycles. The number of aliphatic carboxylic acids is 1.